The molecule has 5 heteroatoms. The molecule has 1 heterocycles. The zero-order valence-corrected chi connectivity index (χ0v) is 13.1. The molecule has 1 fully saturated rings. The van der Waals surface area contributed by atoms with Crippen LogP contribution in [0.15, 0.2) is 18.2 Å². The lowest BCUT2D eigenvalue weighted by Crippen LogP contribution is -2.39. The maximum absolute atomic E-state index is 12.0. The SMILES string of the molecule is CNC(=O)C1(C)CCN(c2cccc(OC)c2[C@@H](C)O)C1. The normalized spacial score (nSPS) is 23.0. The Morgan fingerprint density at radius 2 is 2.24 bits per heavy atom. The fourth-order valence-corrected chi connectivity index (χ4v) is 3.06. The zero-order valence-electron chi connectivity index (χ0n) is 13.1. The molecule has 1 saturated heterocycles. The van der Waals surface area contributed by atoms with E-state index in [9.17, 15) is 9.90 Å². The lowest BCUT2D eigenvalue weighted by molar-refractivity contribution is -0.128. The molecular weight excluding hydrogens is 268 g/mol. The van der Waals surface area contributed by atoms with Gasteiger partial charge >= 0.3 is 0 Å². The first-order valence-electron chi connectivity index (χ1n) is 7.25. The molecule has 0 spiro atoms. The van der Waals surface area contributed by atoms with Crippen LogP contribution >= 0.6 is 0 Å². The van der Waals surface area contributed by atoms with E-state index >= 15 is 0 Å². The monoisotopic (exact) mass is 292 g/mol. The summed E-state index contributed by atoms with van der Waals surface area (Å²) in [6, 6.07) is 5.73. The maximum atomic E-state index is 12.0. The number of anilines is 1. The Kier molecular flexibility index (Phi) is 4.42. The van der Waals surface area contributed by atoms with Crippen molar-refractivity contribution in [1.29, 1.82) is 0 Å². The smallest absolute Gasteiger partial charge is 0.227 e. The highest BCUT2D eigenvalue weighted by Gasteiger charge is 2.40. The number of aliphatic hydroxyl groups is 1. The molecule has 1 amide bonds. The van der Waals surface area contributed by atoms with Gasteiger partial charge in [-0.3, -0.25) is 4.79 Å². The van der Waals surface area contributed by atoms with Crippen molar-refractivity contribution in [3.8, 4) is 5.75 Å². The fraction of sp³-hybridized carbons (Fsp3) is 0.562. The Bertz CT molecular complexity index is 530. The van der Waals surface area contributed by atoms with Crippen molar-refractivity contribution in [2.75, 3.05) is 32.1 Å². The summed E-state index contributed by atoms with van der Waals surface area (Å²) in [6.45, 7) is 5.14. The van der Waals surface area contributed by atoms with Gasteiger partial charge in [0.25, 0.3) is 0 Å². The molecule has 2 rings (SSSR count). The van der Waals surface area contributed by atoms with Gasteiger partial charge in [-0.15, -0.1) is 0 Å². The second-order valence-electron chi connectivity index (χ2n) is 5.88. The number of benzene rings is 1. The molecule has 0 aromatic heterocycles. The van der Waals surface area contributed by atoms with E-state index in [1.165, 1.54) is 0 Å². The molecule has 0 saturated carbocycles. The molecule has 2 N–H and O–H groups in total. The van der Waals surface area contributed by atoms with Crippen LogP contribution in [-0.2, 0) is 4.79 Å². The van der Waals surface area contributed by atoms with Crippen molar-refractivity contribution in [2.45, 2.75) is 26.4 Å². The zero-order chi connectivity index (χ0) is 15.6. The average molecular weight is 292 g/mol. The number of amides is 1. The van der Waals surface area contributed by atoms with Crippen LogP contribution < -0.4 is 15.0 Å². The number of carbonyl (C=O) groups is 1. The summed E-state index contributed by atoms with van der Waals surface area (Å²) in [7, 11) is 3.27. The predicted octanol–water partition coefficient (Wildman–Crippen LogP) is 1.71. The first-order valence-corrected chi connectivity index (χ1v) is 7.25. The summed E-state index contributed by atoms with van der Waals surface area (Å²) in [6.07, 6.45) is 0.173. The highest BCUT2D eigenvalue weighted by Crippen LogP contribution is 2.39. The number of rotatable bonds is 4. The number of hydrogen-bond acceptors (Lipinski definition) is 4. The van der Waals surface area contributed by atoms with Gasteiger partial charge in [0.15, 0.2) is 0 Å². The topological polar surface area (TPSA) is 61.8 Å². The van der Waals surface area contributed by atoms with Gasteiger partial charge in [0.2, 0.25) is 5.91 Å². The van der Waals surface area contributed by atoms with Crippen molar-refractivity contribution in [3.05, 3.63) is 23.8 Å². The first-order chi connectivity index (χ1) is 9.92. The third-order valence-electron chi connectivity index (χ3n) is 4.27. The third kappa shape index (κ3) is 2.83. The lowest BCUT2D eigenvalue weighted by Gasteiger charge is -2.27. The van der Waals surface area contributed by atoms with Gasteiger partial charge in [-0.2, -0.15) is 0 Å². The van der Waals surface area contributed by atoms with Crippen LogP contribution in [0.2, 0.25) is 0 Å². The van der Waals surface area contributed by atoms with Crippen LogP contribution in [-0.4, -0.2) is 38.3 Å². The fourth-order valence-electron chi connectivity index (χ4n) is 3.06. The number of ether oxygens (including phenoxy) is 1. The van der Waals surface area contributed by atoms with Crippen LogP contribution in [0.3, 0.4) is 0 Å². The van der Waals surface area contributed by atoms with Crippen LogP contribution in [0.25, 0.3) is 0 Å². The molecule has 0 bridgehead atoms. The van der Waals surface area contributed by atoms with E-state index in [0.29, 0.717) is 12.3 Å². The van der Waals surface area contributed by atoms with Crippen molar-refractivity contribution in [2.24, 2.45) is 5.41 Å². The number of nitrogens with zero attached hydrogens (tertiary/aromatic N) is 1. The van der Waals surface area contributed by atoms with Crippen molar-refractivity contribution in [1.82, 2.24) is 5.32 Å². The van der Waals surface area contributed by atoms with Crippen LogP contribution in [0.5, 0.6) is 5.75 Å². The van der Waals surface area contributed by atoms with Gasteiger partial charge in [-0.05, 0) is 32.4 Å². The number of carbonyl (C=O) groups excluding carboxylic acids is 1. The van der Waals surface area contributed by atoms with E-state index in [4.69, 9.17) is 4.74 Å². The van der Waals surface area contributed by atoms with Crippen LogP contribution in [0.4, 0.5) is 5.69 Å². The molecule has 1 aliphatic heterocycles. The molecule has 1 aromatic carbocycles. The lowest BCUT2D eigenvalue weighted by atomic mass is 9.89. The molecule has 1 aromatic rings. The summed E-state index contributed by atoms with van der Waals surface area (Å²) >= 11 is 0. The average Bonchev–Trinajstić information content (AvgIpc) is 2.89. The Hall–Kier alpha value is -1.75. The number of nitrogens with one attached hydrogen (secondary N) is 1. The molecule has 2 atom stereocenters. The van der Waals surface area contributed by atoms with Crippen molar-refractivity contribution < 1.29 is 14.6 Å². The van der Waals surface area contributed by atoms with E-state index in [1.807, 2.05) is 25.1 Å². The second-order valence-corrected chi connectivity index (χ2v) is 5.88. The second kappa shape index (κ2) is 5.93. The predicted molar refractivity (Wildman–Crippen MR) is 82.6 cm³/mol. The Morgan fingerprint density at radius 3 is 2.81 bits per heavy atom. The maximum Gasteiger partial charge on any atom is 0.227 e. The molecule has 5 nitrogen and oxygen atoms in total. The Morgan fingerprint density at radius 1 is 1.52 bits per heavy atom. The quantitative estimate of drug-likeness (QED) is 0.887. The molecule has 21 heavy (non-hydrogen) atoms. The summed E-state index contributed by atoms with van der Waals surface area (Å²) in [5, 5.41) is 12.8. The van der Waals surface area contributed by atoms with Gasteiger partial charge in [0.1, 0.15) is 5.75 Å². The summed E-state index contributed by atoms with van der Waals surface area (Å²) in [5.41, 5.74) is 1.33. The largest absolute Gasteiger partial charge is 0.496 e. The highest BCUT2D eigenvalue weighted by molar-refractivity contribution is 5.83. The van der Waals surface area contributed by atoms with Gasteiger partial charge in [-0.25, -0.2) is 0 Å². The van der Waals surface area contributed by atoms with E-state index in [0.717, 1.165) is 24.2 Å². The highest BCUT2D eigenvalue weighted by atomic mass is 16.5. The van der Waals surface area contributed by atoms with Gasteiger partial charge in [-0.1, -0.05) is 6.07 Å². The number of methoxy groups -OCH3 is 1. The molecule has 1 unspecified atom stereocenters. The van der Waals surface area contributed by atoms with E-state index in [2.05, 4.69) is 10.2 Å². The van der Waals surface area contributed by atoms with E-state index < -0.39 is 11.5 Å². The summed E-state index contributed by atoms with van der Waals surface area (Å²) in [4.78, 5) is 14.2. The van der Waals surface area contributed by atoms with Crippen molar-refractivity contribution in [3.63, 3.8) is 0 Å². The number of hydrogen-bond donors (Lipinski definition) is 2. The molecule has 1 aliphatic rings. The Labute approximate surface area is 125 Å². The molecule has 116 valence electrons. The van der Waals surface area contributed by atoms with E-state index in [1.54, 1.807) is 21.1 Å². The van der Waals surface area contributed by atoms with Gasteiger partial charge < -0.3 is 20.1 Å². The number of aliphatic hydroxyl groups excluding tert-OH is 1. The molecule has 0 radical (unpaired) electrons. The minimum atomic E-state index is -0.622. The summed E-state index contributed by atoms with van der Waals surface area (Å²) < 4.78 is 5.36. The van der Waals surface area contributed by atoms with Crippen LogP contribution in [0, 0.1) is 5.41 Å². The molecular formula is C16H24N2O3. The Balaban J connectivity index is 2.34. The van der Waals surface area contributed by atoms with Gasteiger partial charge in [0.05, 0.1) is 18.6 Å². The third-order valence-corrected chi connectivity index (χ3v) is 4.27. The first kappa shape index (κ1) is 15.6. The molecule has 0 aliphatic carbocycles. The standard InChI is InChI=1S/C16H24N2O3/c1-11(19)14-12(6-5-7-13(14)21-4)18-9-8-16(2,10-18)15(20)17-3/h5-7,11,19H,8-10H2,1-4H3,(H,17,20)/t11-,16?/m1/s1. The van der Waals surface area contributed by atoms with E-state index in [-0.39, 0.29) is 5.91 Å². The minimum absolute atomic E-state index is 0.0616. The summed E-state index contributed by atoms with van der Waals surface area (Å²) in [5.74, 6) is 0.738. The van der Waals surface area contributed by atoms with Gasteiger partial charge in [0, 0.05) is 31.4 Å². The minimum Gasteiger partial charge on any atom is -0.496 e. The van der Waals surface area contributed by atoms with Crippen LogP contribution in [0.1, 0.15) is 31.9 Å². The van der Waals surface area contributed by atoms with Crippen molar-refractivity contribution >= 4 is 11.6 Å².